The number of benzene rings is 1. The van der Waals surface area contributed by atoms with Gasteiger partial charge >= 0.3 is 0 Å². The lowest BCUT2D eigenvalue weighted by atomic mass is 10.1. The Morgan fingerprint density at radius 2 is 2.29 bits per heavy atom. The van der Waals surface area contributed by atoms with Crippen LogP contribution in [0.5, 0.6) is 0 Å². The minimum absolute atomic E-state index is 0.570. The van der Waals surface area contributed by atoms with Crippen LogP contribution in [-0.2, 0) is 6.42 Å². The second-order valence-electron chi connectivity index (χ2n) is 3.49. The zero-order valence-corrected chi connectivity index (χ0v) is 8.17. The Hall–Kier alpha value is -1.75. The average molecular weight is 184 g/mol. The van der Waals surface area contributed by atoms with Crippen LogP contribution in [0.4, 0.5) is 0 Å². The highest BCUT2D eigenvalue weighted by Gasteiger charge is 2.03. The van der Waals surface area contributed by atoms with Crippen LogP contribution in [0.15, 0.2) is 24.4 Å². The molecule has 2 heteroatoms. The molecular formula is C12H12N2. The number of fused-ring (bicyclic) bond motifs is 1. The molecule has 1 heterocycles. The van der Waals surface area contributed by atoms with E-state index in [2.05, 4.69) is 35.0 Å². The molecule has 0 fully saturated rings. The van der Waals surface area contributed by atoms with Gasteiger partial charge in [-0.1, -0.05) is 11.6 Å². The molecule has 0 amide bonds. The molecule has 1 N–H and O–H groups in total. The average Bonchev–Trinajstić information content (AvgIpc) is 2.57. The molecule has 0 radical (unpaired) electrons. The van der Waals surface area contributed by atoms with Gasteiger partial charge < -0.3 is 9.83 Å². The first kappa shape index (κ1) is 8.83. The largest absolute Gasteiger partial charge is 0.361 e. The van der Waals surface area contributed by atoms with Crippen molar-refractivity contribution >= 4 is 10.9 Å². The van der Waals surface area contributed by atoms with Gasteiger partial charge in [-0.25, -0.2) is 6.57 Å². The molecule has 0 saturated carbocycles. The molecule has 2 rings (SSSR count). The molecule has 0 spiro atoms. The van der Waals surface area contributed by atoms with Crippen LogP contribution in [0.2, 0.25) is 0 Å². The summed E-state index contributed by atoms with van der Waals surface area (Å²) in [7, 11) is 0. The third-order valence-electron chi connectivity index (χ3n) is 2.42. The topological polar surface area (TPSA) is 20.1 Å². The number of aromatic nitrogens is 1. The summed E-state index contributed by atoms with van der Waals surface area (Å²) in [5.74, 6) is 0. The molecular weight excluding hydrogens is 172 g/mol. The standard InChI is InChI=1S/C12H12N2/c1-9-3-4-12-11(7-9)10(8-14-12)5-6-13-2/h3-4,7-8,14H,5-6H2,1H3. The van der Waals surface area contributed by atoms with E-state index in [1.807, 2.05) is 6.20 Å². The first-order valence-electron chi connectivity index (χ1n) is 4.71. The number of hydrogen-bond donors (Lipinski definition) is 1. The minimum Gasteiger partial charge on any atom is -0.361 e. The number of aromatic amines is 1. The molecule has 0 aliphatic carbocycles. The van der Waals surface area contributed by atoms with Gasteiger partial charge in [-0.3, -0.25) is 0 Å². The highest BCUT2D eigenvalue weighted by molar-refractivity contribution is 5.83. The normalized spacial score (nSPS) is 10.3. The Labute approximate surface area is 83.4 Å². The maximum Gasteiger partial charge on any atom is 0.218 e. The summed E-state index contributed by atoms with van der Waals surface area (Å²) in [6.07, 6.45) is 2.85. The van der Waals surface area contributed by atoms with Crippen molar-refractivity contribution in [3.63, 3.8) is 0 Å². The lowest BCUT2D eigenvalue weighted by Crippen LogP contribution is -1.85. The SMILES string of the molecule is [C-]#[N+]CCc1c[nH]c2ccc(C)cc12. The zero-order chi connectivity index (χ0) is 9.97. The van der Waals surface area contributed by atoms with Crippen LogP contribution in [0.1, 0.15) is 11.1 Å². The second-order valence-corrected chi connectivity index (χ2v) is 3.49. The summed E-state index contributed by atoms with van der Waals surface area (Å²) in [6, 6.07) is 6.36. The Morgan fingerprint density at radius 1 is 1.43 bits per heavy atom. The number of hydrogen-bond acceptors (Lipinski definition) is 0. The summed E-state index contributed by atoms with van der Waals surface area (Å²) >= 11 is 0. The van der Waals surface area contributed by atoms with Crippen molar-refractivity contribution in [3.05, 3.63) is 46.9 Å². The van der Waals surface area contributed by atoms with Gasteiger partial charge in [0, 0.05) is 23.5 Å². The molecule has 0 saturated heterocycles. The summed E-state index contributed by atoms with van der Waals surface area (Å²) in [4.78, 5) is 6.60. The van der Waals surface area contributed by atoms with Crippen molar-refractivity contribution in [3.8, 4) is 0 Å². The van der Waals surface area contributed by atoms with Gasteiger partial charge in [0.1, 0.15) is 0 Å². The molecule has 14 heavy (non-hydrogen) atoms. The van der Waals surface area contributed by atoms with Gasteiger partial charge in [0.2, 0.25) is 6.54 Å². The van der Waals surface area contributed by atoms with E-state index in [1.54, 1.807) is 0 Å². The van der Waals surface area contributed by atoms with Gasteiger partial charge in [0.25, 0.3) is 0 Å². The molecule has 1 aromatic heterocycles. The summed E-state index contributed by atoms with van der Waals surface area (Å²) in [5.41, 5.74) is 3.68. The van der Waals surface area contributed by atoms with Gasteiger partial charge in [0.15, 0.2) is 0 Å². The van der Waals surface area contributed by atoms with Crippen LogP contribution in [-0.4, -0.2) is 11.5 Å². The van der Waals surface area contributed by atoms with E-state index in [1.165, 1.54) is 16.5 Å². The Morgan fingerprint density at radius 3 is 3.07 bits per heavy atom. The highest BCUT2D eigenvalue weighted by Crippen LogP contribution is 2.19. The highest BCUT2D eigenvalue weighted by atomic mass is 14.7. The Kier molecular flexibility index (Phi) is 2.24. The Balaban J connectivity index is 2.46. The van der Waals surface area contributed by atoms with E-state index < -0.39 is 0 Å². The predicted octanol–water partition coefficient (Wildman–Crippen LogP) is 2.94. The maximum atomic E-state index is 6.77. The van der Waals surface area contributed by atoms with Crippen molar-refractivity contribution in [2.45, 2.75) is 13.3 Å². The van der Waals surface area contributed by atoms with Gasteiger partial charge in [-0.2, -0.15) is 0 Å². The van der Waals surface area contributed by atoms with E-state index >= 15 is 0 Å². The molecule has 70 valence electrons. The molecule has 1 aromatic carbocycles. The molecule has 0 bridgehead atoms. The third-order valence-corrected chi connectivity index (χ3v) is 2.42. The lowest BCUT2D eigenvalue weighted by molar-refractivity contribution is 1.09. The van der Waals surface area contributed by atoms with E-state index in [0.29, 0.717) is 6.54 Å². The van der Waals surface area contributed by atoms with Crippen LogP contribution in [0.3, 0.4) is 0 Å². The fourth-order valence-electron chi connectivity index (χ4n) is 1.68. The number of rotatable bonds is 2. The van der Waals surface area contributed by atoms with E-state index in [-0.39, 0.29) is 0 Å². The number of H-pyrrole nitrogens is 1. The van der Waals surface area contributed by atoms with Crippen LogP contribution < -0.4 is 0 Å². The van der Waals surface area contributed by atoms with Gasteiger partial charge in [-0.15, -0.1) is 0 Å². The summed E-state index contributed by atoms with van der Waals surface area (Å²) in [5, 5.41) is 1.26. The van der Waals surface area contributed by atoms with Crippen LogP contribution >= 0.6 is 0 Å². The predicted molar refractivity (Wildman–Crippen MR) is 58.2 cm³/mol. The molecule has 2 aromatic rings. The van der Waals surface area contributed by atoms with E-state index in [9.17, 15) is 0 Å². The summed E-state index contributed by atoms with van der Waals surface area (Å²) in [6.45, 7) is 9.43. The number of aryl methyl sites for hydroxylation is 1. The molecule has 0 unspecified atom stereocenters. The zero-order valence-electron chi connectivity index (χ0n) is 8.17. The van der Waals surface area contributed by atoms with Gasteiger partial charge in [0.05, 0.1) is 0 Å². The number of nitrogens with one attached hydrogen (secondary N) is 1. The molecule has 0 atom stereocenters. The maximum absolute atomic E-state index is 6.77. The lowest BCUT2D eigenvalue weighted by Gasteiger charge is -1.95. The van der Waals surface area contributed by atoms with Crippen molar-refractivity contribution in [1.29, 1.82) is 0 Å². The quantitative estimate of drug-likeness (QED) is 0.692. The number of nitrogens with zero attached hydrogens (tertiary/aromatic N) is 1. The summed E-state index contributed by atoms with van der Waals surface area (Å²) < 4.78 is 0. The van der Waals surface area contributed by atoms with E-state index in [0.717, 1.165) is 11.9 Å². The van der Waals surface area contributed by atoms with Crippen molar-refractivity contribution in [1.82, 2.24) is 4.98 Å². The molecule has 2 nitrogen and oxygen atoms in total. The minimum atomic E-state index is 0.570. The van der Waals surface area contributed by atoms with Gasteiger partial charge in [-0.05, 0) is 24.6 Å². The third kappa shape index (κ3) is 1.49. The molecule has 0 aliphatic heterocycles. The van der Waals surface area contributed by atoms with Crippen molar-refractivity contribution in [2.24, 2.45) is 0 Å². The first-order valence-corrected chi connectivity index (χ1v) is 4.71. The van der Waals surface area contributed by atoms with E-state index in [4.69, 9.17) is 6.57 Å². The van der Waals surface area contributed by atoms with Crippen molar-refractivity contribution in [2.75, 3.05) is 6.54 Å². The monoisotopic (exact) mass is 184 g/mol. The molecule has 0 aliphatic rings. The fourth-order valence-corrected chi connectivity index (χ4v) is 1.68. The second kappa shape index (κ2) is 3.55. The van der Waals surface area contributed by atoms with Crippen molar-refractivity contribution < 1.29 is 0 Å². The Bertz CT molecular complexity index is 488. The van der Waals surface area contributed by atoms with Crippen LogP contribution in [0.25, 0.3) is 15.7 Å². The fraction of sp³-hybridized carbons (Fsp3) is 0.250. The smallest absolute Gasteiger partial charge is 0.218 e. The first-order chi connectivity index (χ1) is 6.81. The van der Waals surface area contributed by atoms with Crippen LogP contribution in [0, 0.1) is 13.5 Å².